The molecule has 8 heteroatoms. The number of nitrogens with zero attached hydrogens (tertiary/aromatic N) is 1. The molecule has 0 aromatic carbocycles. The van der Waals surface area contributed by atoms with Gasteiger partial charge in [-0.05, 0) is 13.0 Å². The molecular weight excluding hydrogens is 277 g/mol. The zero-order valence-corrected chi connectivity index (χ0v) is 13.5. The van der Waals surface area contributed by atoms with Crippen LogP contribution < -0.4 is 34.7 Å². The molecule has 1 amide bonds. The van der Waals surface area contributed by atoms with Gasteiger partial charge in [-0.2, -0.15) is 0 Å². The summed E-state index contributed by atoms with van der Waals surface area (Å²) in [4.78, 5) is 34.8. The third-order valence-electron chi connectivity index (χ3n) is 3.39. The molecule has 20 heavy (non-hydrogen) atoms. The van der Waals surface area contributed by atoms with E-state index in [0.29, 0.717) is 0 Å². The second kappa shape index (κ2) is 6.26. The maximum absolute atomic E-state index is 11.8. The molecule has 1 saturated heterocycles. The summed E-state index contributed by atoms with van der Waals surface area (Å²) in [6.07, 6.45) is -0.130. The summed E-state index contributed by atoms with van der Waals surface area (Å²) in [7, 11) is 0. The van der Waals surface area contributed by atoms with Crippen molar-refractivity contribution in [3.63, 3.8) is 0 Å². The summed E-state index contributed by atoms with van der Waals surface area (Å²) < 4.78 is 4.96. The van der Waals surface area contributed by atoms with Crippen LogP contribution in [0, 0.1) is 5.92 Å². The molecule has 0 aliphatic carbocycles. The van der Waals surface area contributed by atoms with Crippen molar-refractivity contribution >= 4 is 17.8 Å². The molecule has 0 spiro atoms. The van der Waals surface area contributed by atoms with Crippen molar-refractivity contribution < 1.29 is 58.9 Å². The second-order valence-corrected chi connectivity index (χ2v) is 4.76. The van der Waals surface area contributed by atoms with Gasteiger partial charge in [0.25, 0.3) is 0 Å². The van der Waals surface area contributed by atoms with Crippen LogP contribution in [0.15, 0.2) is 11.8 Å². The number of aliphatic hydroxyl groups excluding tert-OH is 1. The van der Waals surface area contributed by atoms with Gasteiger partial charge in [0, 0.05) is 13.3 Å². The molecule has 7 nitrogen and oxygen atoms in total. The fourth-order valence-electron chi connectivity index (χ4n) is 2.67. The maximum Gasteiger partial charge on any atom is 1.00 e. The minimum atomic E-state index is -1.50. The topological polar surface area (TPSA) is 107 Å². The van der Waals surface area contributed by atoms with E-state index in [1.807, 2.05) is 0 Å². The molecule has 1 fully saturated rings. The summed E-state index contributed by atoms with van der Waals surface area (Å²) in [5.74, 6) is -3.15. The number of aliphatic carboxylic acids is 1. The normalized spacial score (nSPS) is 29.4. The van der Waals surface area contributed by atoms with Gasteiger partial charge in [-0.25, -0.2) is 0 Å². The number of carbonyl (C=O) groups excluding carboxylic acids is 3. The van der Waals surface area contributed by atoms with E-state index >= 15 is 0 Å². The predicted molar refractivity (Wildman–Crippen MR) is 59.1 cm³/mol. The zero-order chi connectivity index (χ0) is 14.3. The number of carbonyl (C=O) groups is 3. The Balaban J connectivity index is 0.00000200. The molecule has 2 rings (SSSR count). The summed E-state index contributed by atoms with van der Waals surface area (Å²) in [6.45, 7) is 2.69. The molecule has 0 radical (unpaired) electrons. The first-order valence-corrected chi connectivity index (χ1v) is 5.94. The smallest absolute Gasteiger partial charge is 0.543 e. The molecule has 2 aliphatic rings. The van der Waals surface area contributed by atoms with Crippen LogP contribution in [0.25, 0.3) is 0 Å². The van der Waals surface area contributed by atoms with Crippen molar-refractivity contribution in [1.82, 2.24) is 4.90 Å². The van der Waals surface area contributed by atoms with Gasteiger partial charge in [0.05, 0.1) is 29.7 Å². The number of ether oxygens (including phenoxy) is 1. The van der Waals surface area contributed by atoms with Crippen molar-refractivity contribution in [1.29, 1.82) is 0 Å². The average molecular weight is 291 g/mol. The van der Waals surface area contributed by atoms with Gasteiger partial charge >= 0.3 is 35.5 Å². The monoisotopic (exact) mass is 291 g/mol. The van der Waals surface area contributed by atoms with Gasteiger partial charge in [-0.1, -0.05) is 0 Å². The number of aliphatic hydroxyl groups is 1. The number of esters is 1. The molecule has 2 heterocycles. The van der Waals surface area contributed by atoms with E-state index in [1.54, 1.807) is 0 Å². The second-order valence-electron chi connectivity index (χ2n) is 4.76. The molecule has 0 bridgehead atoms. The quantitative estimate of drug-likeness (QED) is 0.317. The number of carboxylic acid groups (broad SMARTS) is 1. The van der Waals surface area contributed by atoms with E-state index in [0.717, 1.165) is 4.90 Å². The Morgan fingerprint density at radius 2 is 2.15 bits per heavy atom. The number of hydrogen-bond donors (Lipinski definition) is 1. The van der Waals surface area contributed by atoms with Gasteiger partial charge in [0.15, 0.2) is 0 Å². The van der Waals surface area contributed by atoms with Crippen molar-refractivity contribution in [2.75, 3.05) is 0 Å². The van der Waals surface area contributed by atoms with E-state index in [9.17, 15) is 24.6 Å². The molecule has 0 unspecified atom stereocenters. The first kappa shape index (κ1) is 17.2. The third kappa shape index (κ3) is 2.90. The van der Waals surface area contributed by atoms with Gasteiger partial charge in [-0.3, -0.25) is 9.59 Å². The Morgan fingerprint density at radius 3 is 2.60 bits per heavy atom. The van der Waals surface area contributed by atoms with E-state index in [1.165, 1.54) is 19.9 Å². The SMILES string of the molecule is CC(=O)O[C@@H]1C=C(C(=O)[O-])N2C(=O)[C@H]([C@@H](C)O)[C@H]2C1.[Na+]. The summed E-state index contributed by atoms with van der Waals surface area (Å²) in [6, 6.07) is -0.477. The molecule has 0 saturated carbocycles. The van der Waals surface area contributed by atoms with E-state index in [-0.39, 0.29) is 41.7 Å². The standard InChI is InChI=1S/C12H15NO6.Na/c1-5(14)10-8-3-7(19-6(2)15)4-9(12(17)18)13(8)11(10)16;/h4-5,7-8,10,14H,3H2,1-2H3,(H,17,18);/q;+1/p-1/t5-,7+,8-,10-;/m1./s1. The first-order valence-electron chi connectivity index (χ1n) is 5.94. The van der Waals surface area contributed by atoms with Crippen molar-refractivity contribution in [3.05, 3.63) is 11.8 Å². The fraction of sp³-hybridized carbons (Fsp3) is 0.583. The van der Waals surface area contributed by atoms with Crippen LogP contribution >= 0.6 is 0 Å². The van der Waals surface area contributed by atoms with Gasteiger partial charge < -0.3 is 24.6 Å². The Kier molecular flexibility index (Phi) is 5.37. The van der Waals surface area contributed by atoms with Crippen molar-refractivity contribution in [2.45, 2.75) is 38.5 Å². The van der Waals surface area contributed by atoms with Crippen LogP contribution in [0.4, 0.5) is 0 Å². The van der Waals surface area contributed by atoms with Crippen molar-refractivity contribution in [2.24, 2.45) is 5.92 Å². The minimum absolute atomic E-state index is 0. The van der Waals surface area contributed by atoms with Gasteiger partial charge in [0.2, 0.25) is 5.91 Å². The predicted octanol–water partition coefficient (Wildman–Crippen LogP) is -4.83. The van der Waals surface area contributed by atoms with E-state index < -0.39 is 42.0 Å². The van der Waals surface area contributed by atoms with Crippen LogP contribution in [0.3, 0.4) is 0 Å². The molecule has 0 aromatic heterocycles. The molecule has 4 atom stereocenters. The number of carboxylic acids is 1. The number of hydrogen-bond acceptors (Lipinski definition) is 6. The van der Waals surface area contributed by atoms with Crippen LogP contribution in [0.1, 0.15) is 20.3 Å². The largest absolute Gasteiger partial charge is 1.00 e. The summed E-state index contributed by atoms with van der Waals surface area (Å²) >= 11 is 0. The number of β-lactam (4-membered cyclic amide) rings is 1. The molecular formula is C12H14NNaO6. The maximum atomic E-state index is 11.8. The summed E-state index contributed by atoms with van der Waals surface area (Å²) in [5.41, 5.74) is -0.301. The van der Waals surface area contributed by atoms with Crippen LogP contribution in [0.2, 0.25) is 0 Å². The number of fused-ring (bicyclic) bond motifs is 1. The Hall–Kier alpha value is -0.890. The first-order chi connectivity index (χ1) is 8.82. The Bertz CT molecular complexity index is 475. The molecule has 104 valence electrons. The third-order valence-corrected chi connectivity index (χ3v) is 3.39. The minimum Gasteiger partial charge on any atom is -0.543 e. The Morgan fingerprint density at radius 1 is 1.55 bits per heavy atom. The van der Waals surface area contributed by atoms with E-state index in [2.05, 4.69) is 0 Å². The van der Waals surface area contributed by atoms with Crippen molar-refractivity contribution in [3.8, 4) is 0 Å². The van der Waals surface area contributed by atoms with Crippen LogP contribution in [0.5, 0.6) is 0 Å². The van der Waals surface area contributed by atoms with Crippen LogP contribution in [-0.2, 0) is 19.1 Å². The number of rotatable bonds is 3. The van der Waals surface area contributed by atoms with Gasteiger partial charge in [0.1, 0.15) is 6.10 Å². The number of amides is 1. The zero-order valence-electron chi connectivity index (χ0n) is 11.5. The molecule has 0 aromatic rings. The molecule has 2 aliphatic heterocycles. The van der Waals surface area contributed by atoms with Crippen LogP contribution in [-0.4, -0.2) is 46.1 Å². The Labute approximate surface area is 137 Å². The van der Waals surface area contributed by atoms with Gasteiger partial charge in [-0.15, -0.1) is 0 Å². The fourth-order valence-corrected chi connectivity index (χ4v) is 2.67. The average Bonchev–Trinajstić information content (AvgIpc) is 2.25. The summed E-state index contributed by atoms with van der Waals surface area (Å²) in [5, 5.41) is 20.6. The molecule has 1 N–H and O–H groups in total. The van der Waals surface area contributed by atoms with E-state index in [4.69, 9.17) is 4.74 Å².